The Hall–Kier alpha value is -1.77. The second kappa shape index (κ2) is 7.18. The minimum absolute atomic E-state index is 0.0105. The predicted octanol–water partition coefficient (Wildman–Crippen LogP) is 6.26. The Morgan fingerprint density at radius 2 is 1.93 bits per heavy atom. The number of rotatable bonds is 2. The van der Waals surface area contributed by atoms with Gasteiger partial charge in [0.25, 0.3) is 0 Å². The molecule has 5 rings (SSSR count). The van der Waals surface area contributed by atoms with Gasteiger partial charge in [-0.15, -0.1) is 0 Å². The minimum atomic E-state index is -0.346. The van der Waals surface area contributed by atoms with E-state index < -0.39 is 0 Å². The molecule has 3 heteroatoms. The first-order valence-electron chi connectivity index (χ1n) is 10.8. The number of aliphatic hydroxyl groups excluding tert-OH is 1. The van der Waals surface area contributed by atoms with Crippen LogP contribution in [-0.4, -0.2) is 18.3 Å². The fourth-order valence-corrected chi connectivity index (χ4v) is 6.58. The summed E-state index contributed by atoms with van der Waals surface area (Å²) in [7, 11) is 1.74. The van der Waals surface area contributed by atoms with E-state index in [0.29, 0.717) is 17.8 Å². The zero-order valence-electron chi connectivity index (χ0n) is 17.2. The number of hydrogen-bond donors (Lipinski definition) is 1. The summed E-state index contributed by atoms with van der Waals surface area (Å²) in [4.78, 5) is 0. The lowest BCUT2D eigenvalue weighted by molar-refractivity contribution is -0.0158. The van der Waals surface area contributed by atoms with Gasteiger partial charge in [-0.1, -0.05) is 42.8 Å². The number of ether oxygens (including phenoxy) is 1. The van der Waals surface area contributed by atoms with Crippen LogP contribution in [0.15, 0.2) is 48.0 Å². The molecule has 2 fully saturated rings. The van der Waals surface area contributed by atoms with E-state index in [1.807, 2.05) is 24.3 Å². The number of halogens is 1. The molecule has 0 saturated heterocycles. The highest BCUT2D eigenvalue weighted by Gasteiger charge is 2.56. The van der Waals surface area contributed by atoms with Gasteiger partial charge in [0.05, 0.1) is 13.2 Å². The van der Waals surface area contributed by atoms with Gasteiger partial charge in [0, 0.05) is 10.4 Å². The average molecular weight is 409 g/mol. The maximum absolute atomic E-state index is 11.3. The number of aliphatic hydroxyl groups is 1. The molecule has 0 unspecified atom stereocenters. The quantitative estimate of drug-likeness (QED) is 0.635. The zero-order valence-corrected chi connectivity index (χ0v) is 18.0. The molecule has 0 aliphatic heterocycles. The van der Waals surface area contributed by atoms with Gasteiger partial charge in [0.2, 0.25) is 0 Å². The molecule has 0 amide bonds. The van der Waals surface area contributed by atoms with Crippen LogP contribution in [0, 0.1) is 17.3 Å². The highest BCUT2D eigenvalue weighted by Crippen LogP contribution is 2.62. The van der Waals surface area contributed by atoms with Crippen LogP contribution in [0.25, 0.3) is 6.08 Å². The minimum Gasteiger partial charge on any atom is -0.497 e. The molecule has 0 spiro atoms. The summed E-state index contributed by atoms with van der Waals surface area (Å²) in [5.74, 6) is 2.78. The lowest BCUT2D eigenvalue weighted by Gasteiger charge is -2.49. The van der Waals surface area contributed by atoms with E-state index in [-0.39, 0.29) is 11.5 Å². The van der Waals surface area contributed by atoms with E-state index in [9.17, 15) is 5.11 Å². The molecule has 3 aliphatic carbocycles. The third kappa shape index (κ3) is 3.12. The van der Waals surface area contributed by atoms with Crippen molar-refractivity contribution in [2.24, 2.45) is 17.3 Å². The van der Waals surface area contributed by atoms with Crippen molar-refractivity contribution in [3.05, 3.63) is 69.8 Å². The summed E-state index contributed by atoms with van der Waals surface area (Å²) in [6.07, 6.45) is 7.44. The molecular formula is C26H29ClO2. The Labute approximate surface area is 178 Å². The third-order valence-corrected chi connectivity index (χ3v) is 8.28. The molecule has 2 nitrogen and oxygen atoms in total. The van der Waals surface area contributed by atoms with Crippen molar-refractivity contribution in [3.8, 4) is 5.75 Å². The Kier molecular flexibility index (Phi) is 4.75. The van der Waals surface area contributed by atoms with E-state index in [0.717, 1.165) is 35.6 Å². The van der Waals surface area contributed by atoms with Crippen LogP contribution in [0.4, 0.5) is 0 Å². The van der Waals surface area contributed by atoms with E-state index in [1.54, 1.807) is 7.11 Å². The topological polar surface area (TPSA) is 29.5 Å². The highest BCUT2D eigenvalue weighted by atomic mass is 35.5. The number of benzene rings is 2. The normalized spacial score (nSPS) is 34.4. The molecule has 0 bridgehead atoms. The second-order valence-corrected chi connectivity index (χ2v) is 9.84. The van der Waals surface area contributed by atoms with Crippen molar-refractivity contribution in [2.75, 3.05) is 7.11 Å². The van der Waals surface area contributed by atoms with Gasteiger partial charge in [-0.05, 0) is 96.4 Å². The van der Waals surface area contributed by atoms with Crippen LogP contribution >= 0.6 is 11.6 Å². The van der Waals surface area contributed by atoms with Crippen LogP contribution in [0.5, 0.6) is 5.75 Å². The Morgan fingerprint density at radius 3 is 2.69 bits per heavy atom. The van der Waals surface area contributed by atoms with Crippen molar-refractivity contribution in [1.82, 2.24) is 0 Å². The van der Waals surface area contributed by atoms with Gasteiger partial charge in [-0.25, -0.2) is 0 Å². The maximum atomic E-state index is 11.3. The standard InChI is InChI=1S/C26H29ClO2/c1-26-12-11-22-21-10-8-20(29-2)14-17(21)5-9-23(22)24(26)15-18(25(26)28)13-16-3-6-19(27)7-4-16/h3-4,6-8,10,13-14,22-25,28H,5,9,11-12,15H2,1-2H3/b18-13+/t22-,23-,24+,25+,26+/m1/s1. The molecule has 2 saturated carbocycles. The van der Waals surface area contributed by atoms with E-state index >= 15 is 0 Å². The van der Waals surface area contributed by atoms with Crippen LogP contribution in [0.3, 0.4) is 0 Å². The number of fused-ring (bicyclic) bond motifs is 5. The van der Waals surface area contributed by atoms with Crippen molar-refractivity contribution in [2.45, 2.75) is 51.0 Å². The van der Waals surface area contributed by atoms with Gasteiger partial charge >= 0.3 is 0 Å². The maximum Gasteiger partial charge on any atom is 0.119 e. The van der Waals surface area contributed by atoms with Gasteiger partial charge in [0.15, 0.2) is 0 Å². The van der Waals surface area contributed by atoms with E-state index in [4.69, 9.17) is 16.3 Å². The van der Waals surface area contributed by atoms with Gasteiger partial charge in [0.1, 0.15) is 5.75 Å². The molecule has 2 aromatic rings. The lowest BCUT2D eigenvalue weighted by atomic mass is 9.55. The smallest absolute Gasteiger partial charge is 0.119 e. The van der Waals surface area contributed by atoms with Crippen LogP contribution in [0.1, 0.15) is 55.2 Å². The van der Waals surface area contributed by atoms with Crippen LogP contribution < -0.4 is 4.74 Å². The molecule has 0 radical (unpaired) electrons. The van der Waals surface area contributed by atoms with Gasteiger partial charge < -0.3 is 9.84 Å². The lowest BCUT2D eigenvalue weighted by Crippen LogP contribution is -2.44. The molecule has 0 aromatic heterocycles. The van der Waals surface area contributed by atoms with Crippen molar-refractivity contribution >= 4 is 17.7 Å². The summed E-state index contributed by atoms with van der Waals surface area (Å²) in [6, 6.07) is 14.6. The molecule has 5 atom stereocenters. The Bertz CT molecular complexity index is 948. The van der Waals surface area contributed by atoms with Crippen molar-refractivity contribution < 1.29 is 9.84 Å². The molecule has 3 aliphatic rings. The molecule has 0 heterocycles. The van der Waals surface area contributed by atoms with Gasteiger partial charge in [-0.2, -0.15) is 0 Å². The van der Waals surface area contributed by atoms with Crippen LogP contribution in [0.2, 0.25) is 5.02 Å². The SMILES string of the molecule is COc1ccc2c(c1)CC[C@@H]1[C@@H]2CC[C@]2(C)[C@@H](O)/C(=C/c3ccc(Cl)cc3)C[C@@H]12. The Balaban J connectivity index is 1.46. The number of hydrogen-bond acceptors (Lipinski definition) is 2. The average Bonchev–Trinajstić information content (AvgIpc) is 2.99. The van der Waals surface area contributed by atoms with Crippen molar-refractivity contribution in [3.63, 3.8) is 0 Å². The highest BCUT2D eigenvalue weighted by molar-refractivity contribution is 6.30. The summed E-state index contributed by atoms with van der Waals surface area (Å²) >= 11 is 6.04. The van der Waals surface area contributed by atoms with Crippen molar-refractivity contribution in [1.29, 1.82) is 0 Å². The van der Waals surface area contributed by atoms with Gasteiger partial charge in [-0.3, -0.25) is 0 Å². The summed E-state index contributed by atoms with van der Waals surface area (Å²) < 4.78 is 5.44. The number of aryl methyl sites for hydroxylation is 1. The third-order valence-electron chi connectivity index (χ3n) is 8.02. The summed E-state index contributed by atoms with van der Waals surface area (Å²) in [6.45, 7) is 2.32. The summed E-state index contributed by atoms with van der Waals surface area (Å²) in [5, 5.41) is 12.1. The predicted molar refractivity (Wildman–Crippen MR) is 118 cm³/mol. The monoisotopic (exact) mass is 408 g/mol. The molecule has 29 heavy (non-hydrogen) atoms. The first-order valence-corrected chi connectivity index (χ1v) is 11.2. The Morgan fingerprint density at radius 1 is 1.14 bits per heavy atom. The first-order chi connectivity index (χ1) is 14.0. The van der Waals surface area contributed by atoms with Crippen LogP contribution in [-0.2, 0) is 6.42 Å². The molecule has 152 valence electrons. The van der Waals surface area contributed by atoms with E-state index in [1.165, 1.54) is 29.5 Å². The number of methoxy groups -OCH3 is 1. The largest absolute Gasteiger partial charge is 0.497 e. The molecular weight excluding hydrogens is 380 g/mol. The second-order valence-electron chi connectivity index (χ2n) is 9.40. The van der Waals surface area contributed by atoms with E-state index in [2.05, 4.69) is 31.2 Å². The first kappa shape index (κ1) is 19.2. The molecule has 2 aromatic carbocycles. The summed E-state index contributed by atoms with van der Waals surface area (Å²) in [5.41, 5.74) is 5.30. The fraction of sp³-hybridized carbons (Fsp3) is 0.462. The molecule has 1 N–H and O–H groups in total. The zero-order chi connectivity index (χ0) is 20.2. The fourth-order valence-electron chi connectivity index (χ4n) is 6.46.